The van der Waals surface area contributed by atoms with E-state index in [1.807, 2.05) is 13.0 Å². The van der Waals surface area contributed by atoms with E-state index in [-0.39, 0.29) is 5.92 Å². The number of carbonyl (C=O) groups is 1. The lowest BCUT2D eigenvalue weighted by molar-refractivity contribution is -0.143. The molecule has 0 bridgehead atoms. The maximum Gasteiger partial charge on any atom is 0.306 e. The van der Waals surface area contributed by atoms with Crippen LogP contribution in [0.25, 0.3) is 0 Å². The molecule has 0 spiro atoms. The van der Waals surface area contributed by atoms with Crippen LogP contribution in [0.5, 0.6) is 0 Å². The number of hydrogen-bond donors (Lipinski definition) is 1. The number of aromatic nitrogens is 1. The summed E-state index contributed by atoms with van der Waals surface area (Å²) in [6.07, 6.45) is 4.39. The number of carboxylic acid groups (broad SMARTS) is 1. The molecule has 1 atom stereocenters. The molecule has 0 amide bonds. The summed E-state index contributed by atoms with van der Waals surface area (Å²) in [5.41, 5.74) is 2.20. The molecule has 4 nitrogen and oxygen atoms in total. The minimum Gasteiger partial charge on any atom is -0.481 e. The molecule has 1 aromatic carbocycles. The average Bonchev–Trinajstić information content (AvgIpc) is 2.59. The van der Waals surface area contributed by atoms with Crippen molar-refractivity contribution in [2.24, 2.45) is 5.92 Å². The van der Waals surface area contributed by atoms with Crippen molar-refractivity contribution in [3.63, 3.8) is 0 Å². The van der Waals surface area contributed by atoms with Gasteiger partial charge in [-0.2, -0.15) is 0 Å². The summed E-state index contributed by atoms with van der Waals surface area (Å²) in [4.78, 5) is 17.3. The largest absolute Gasteiger partial charge is 0.481 e. The van der Waals surface area contributed by atoms with Crippen LogP contribution in [0.2, 0.25) is 0 Å². The van der Waals surface area contributed by atoms with Crippen molar-refractivity contribution < 1.29 is 18.7 Å². The first-order valence-corrected chi connectivity index (χ1v) is 8.29. The van der Waals surface area contributed by atoms with E-state index in [4.69, 9.17) is 0 Å². The fraction of sp³-hybridized carbons (Fsp3) is 0.368. The third-order valence-corrected chi connectivity index (χ3v) is 4.86. The van der Waals surface area contributed by atoms with Crippen molar-refractivity contribution in [1.82, 2.24) is 9.88 Å². The number of benzene rings is 1. The number of halogens is 2. The van der Waals surface area contributed by atoms with Gasteiger partial charge in [0.1, 0.15) is 11.6 Å². The van der Waals surface area contributed by atoms with Gasteiger partial charge in [-0.25, -0.2) is 8.78 Å². The molecule has 1 unspecified atom stereocenters. The number of piperidine rings is 1. The van der Waals surface area contributed by atoms with Gasteiger partial charge in [0.2, 0.25) is 0 Å². The molecule has 2 heterocycles. The van der Waals surface area contributed by atoms with Crippen molar-refractivity contribution in [3.8, 4) is 0 Å². The summed E-state index contributed by atoms with van der Waals surface area (Å²) < 4.78 is 27.8. The highest BCUT2D eigenvalue weighted by Gasteiger charge is 2.32. The lowest BCUT2D eigenvalue weighted by Crippen LogP contribution is -2.39. The van der Waals surface area contributed by atoms with E-state index in [0.717, 1.165) is 17.2 Å². The Kier molecular flexibility index (Phi) is 5.08. The molecule has 25 heavy (non-hydrogen) atoms. The molecule has 1 N–H and O–H groups in total. The number of likely N-dealkylation sites (tertiary alicyclic amines) is 1. The van der Waals surface area contributed by atoms with Gasteiger partial charge in [-0.15, -0.1) is 0 Å². The summed E-state index contributed by atoms with van der Waals surface area (Å²) in [6, 6.07) is 5.07. The molecule has 0 aliphatic carbocycles. The molecule has 6 heteroatoms. The van der Waals surface area contributed by atoms with Crippen LogP contribution in [0, 0.1) is 24.5 Å². The van der Waals surface area contributed by atoms with E-state index in [1.54, 1.807) is 12.4 Å². The fourth-order valence-electron chi connectivity index (χ4n) is 3.48. The first kappa shape index (κ1) is 17.5. The molecule has 132 valence electrons. The lowest BCUT2D eigenvalue weighted by atomic mass is 9.90. The molecule has 1 aromatic heterocycles. The van der Waals surface area contributed by atoms with Crippen LogP contribution < -0.4 is 0 Å². The minimum absolute atomic E-state index is 0.367. The van der Waals surface area contributed by atoms with Gasteiger partial charge in [0, 0.05) is 24.0 Å². The number of hydrogen-bond acceptors (Lipinski definition) is 3. The van der Waals surface area contributed by atoms with Crippen LogP contribution in [0.1, 0.15) is 35.6 Å². The van der Waals surface area contributed by atoms with E-state index in [0.29, 0.717) is 31.5 Å². The standard InChI is InChI=1S/C19H20F2N2O2/c1-12-11-22-7-4-15(12)18(16-3-2-14(20)10-17(16)21)23-8-5-13(6-9-23)19(24)25/h2-4,7,10-11,13,18H,5-6,8-9H2,1H3,(H,24,25). The summed E-state index contributed by atoms with van der Waals surface area (Å²) in [5.74, 6) is -2.37. The Labute approximate surface area is 145 Å². The number of carboxylic acids is 1. The Balaban J connectivity index is 1.99. The quantitative estimate of drug-likeness (QED) is 0.920. The van der Waals surface area contributed by atoms with E-state index < -0.39 is 23.6 Å². The van der Waals surface area contributed by atoms with Crippen LogP contribution in [0.4, 0.5) is 8.78 Å². The van der Waals surface area contributed by atoms with Crippen LogP contribution >= 0.6 is 0 Å². The van der Waals surface area contributed by atoms with Crippen LogP contribution in [-0.4, -0.2) is 34.0 Å². The highest BCUT2D eigenvalue weighted by molar-refractivity contribution is 5.70. The normalized spacial score (nSPS) is 17.4. The smallest absolute Gasteiger partial charge is 0.306 e. The molecule has 0 saturated carbocycles. The SMILES string of the molecule is Cc1cnccc1C(c1ccc(F)cc1F)N1CCC(C(=O)O)CC1. The molecule has 1 saturated heterocycles. The lowest BCUT2D eigenvalue weighted by Gasteiger charge is -2.37. The third-order valence-electron chi connectivity index (χ3n) is 4.86. The highest BCUT2D eigenvalue weighted by Crippen LogP contribution is 2.35. The minimum atomic E-state index is -0.788. The van der Waals surface area contributed by atoms with Crippen molar-refractivity contribution in [1.29, 1.82) is 0 Å². The van der Waals surface area contributed by atoms with E-state index in [2.05, 4.69) is 9.88 Å². The van der Waals surface area contributed by atoms with Crippen molar-refractivity contribution in [2.45, 2.75) is 25.8 Å². The zero-order chi connectivity index (χ0) is 18.0. The van der Waals surface area contributed by atoms with Gasteiger partial charge >= 0.3 is 5.97 Å². The molecule has 3 rings (SSSR count). The first-order chi connectivity index (χ1) is 12.0. The number of rotatable bonds is 4. The molecule has 1 aliphatic heterocycles. The van der Waals surface area contributed by atoms with E-state index in [9.17, 15) is 18.7 Å². The van der Waals surface area contributed by atoms with Gasteiger partial charge in [-0.05, 0) is 56.1 Å². The van der Waals surface area contributed by atoms with Gasteiger partial charge in [-0.3, -0.25) is 14.7 Å². The summed E-state index contributed by atoms with van der Waals surface area (Å²) in [5, 5.41) is 9.19. The van der Waals surface area contributed by atoms with Crippen molar-refractivity contribution in [3.05, 3.63) is 65.0 Å². The van der Waals surface area contributed by atoms with E-state index >= 15 is 0 Å². The molecule has 0 radical (unpaired) electrons. The van der Waals surface area contributed by atoms with Crippen molar-refractivity contribution >= 4 is 5.97 Å². The number of aryl methyl sites for hydroxylation is 1. The second-order valence-electron chi connectivity index (χ2n) is 6.45. The number of pyridine rings is 1. The number of aliphatic carboxylic acids is 1. The maximum absolute atomic E-state index is 14.5. The Hall–Kier alpha value is -2.34. The van der Waals surface area contributed by atoms with Crippen molar-refractivity contribution in [2.75, 3.05) is 13.1 Å². The van der Waals surface area contributed by atoms with Crippen LogP contribution in [-0.2, 0) is 4.79 Å². The second kappa shape index (κ2) is 7.27. The Morgan fingerprint density at radius 2 is 1.96 bits per heavy atom. The predicted octanol–water partition coefficient (Wildman–Crippen LogP) is 3.55. The fourth-order valence-corrected chi connectivity index (χ4v) is 3.48. The number of nitrogens with zero attached hydrogens (tertiary/aromatic N) is 2. The predicted molar refractivity (Wildman–Crippen MR) is 89.1 cm³/mol. The van der Waals surface area contributed by atoms with E-state index in [1.165, 1.54) is 12.1 Å². The summed E-state index contributed by atoms with van der Waals surface area (Å²) in [7, 11) is 0. The first-order valence-electron chi connectivity index (χ1n) is 8.29. The van der Waals surface area contributed by atoms with Gasteiger partial charge in [0.15, 0.2) is 0 Å². The Bertz CT molecular complexity index is 774. The Morgan fingerprint density at radius 3 is 2.56 bits per heavy atom. The average molecular weight is 346 g/mol. The summed E-state index contributed by atoms with van der Waals surface area (Å²) in [6.45, 7) is 2.99. The molecular formula is C19H20F2N2O2. The topological polar surface area (TPSA) is 53.4 Å². The highest BCUT2D eigenvalue weighted by atomic mass is 19.1. The third kappa shape index (κ3) is 3.69. The summed E-state index contributed by atoms with van der Waals surface area (Å²) >= 11 is 0. The maximum atomic E-state index is 14.5. The Morgan fingerprint density at radius 1 is 1.24 bits per heavy atom. The zero-order valence-electron chi connectivity index (χ0n) is 14.0. The van der Waals surface area contributed by atoms with Crippen LogP contribution in [0.15, 0.2) is 36.7 Å². The second-order valence-corrected chi connectivity index (χ2v) is 6.45. The zero-order valence-corrected chi connectivity index (χ0v) is 14.0. The van der Waals surface area contributed by atoms with Gasteiger partial charge < -0.3 is 5.11 Å². The molecule has 1 fully saturated rings. The molecule has 2 aromatic rings. The van der Waals surface area contributed by atoms with Gasteiger partial charge in [0.05, 0.1) is 12.0 Å². The monoisotopic (exact) mass is 346 g/mol. The van der Waals surface area contributed by atoms with Gasteiger partial charge in [0.25, 0.3) is 0 Å². The van der Waals surface area contributed by atoms with Crippen LogP contribution in [0.3, 0.4) is 0 Å². The molecular weight excluding hydrogens is 326 g/mol. The molecule has 1 aliphatic rings. The van der Waals surface area contributed by atoms with Gasteiger partial charge in [-0.1, -0.05) is 6.07 Å².